The number of nitrogens with one attached hydrogen (secondary N) is 3. The molecule has 0 bridgehead atoms. The Morgan fingerprint density at radius 2 is 1.83 bits per heavy atom. The van der Waals surface area contributed by atoms with Crippen LogP contribution in [0.2, 0.25) is 0 Å². The van der Waals surface area contributed by atoms with Crippen LogP contribution in [0.4, 0.5) is 5.13 Å². The summed E-state index contributed by atoms with van der Waals surface area (Å²) < 4.78 is 28.5. The lowest BCUT2D eigenvalue weighted by molar-refractivity contribution is -0.118. The van der Waals surface area contributed by atoms with Gasteiger partial charge in [0.25, 0.3) is 0 Å². The van der Waals surface area contributed by atoms with E-state index >= 15 is 0 Å². The second kappa shape index (κ2) is 8.99. The number of hydrogen-bond donors (Lipinski definition) is 3. The predicted molar refractivity (Wildman–Crippen MR) is 144 cm³/mol. The van der Waals surface area contributed by atoms with Gasteiger partial charge in [-0.25, -0.2) is 18.4 Å². The topological polar surface area (TPSA) is 117 Å². The van der Waals surface area contributed by atoms with Crippen LogP contribution in [-0.2, 0) is 21.2 Å². The van der Waals surface area contributed by atoms with Gasteiger partial charge in [-0.05, 0) is 47.9 Å². The van der Waals surface area contributed by atoms with E-state index in [1.165, 1.54) is 0 Å². The molecule has 0 radical (unpaired) electrons. The van der Waals surface area contributed by atoms with Gasteiger partial charge >= 0.3 is 0 Å². The summed E-state index contributed by atoms with van der Waals surface area (Å²) in [5.74, 6) is 0.296. The Balaban J connectivity index is 1.34. The largest absolute Gasteiger partial charge is 0.351 e. The molecule has 0 spiro atoms. The van der Waals surface area contributed by atoms with E-state index in [4.69, 9.17) is 9.97 Å². The molecule has 1 aliphatic rings. The van der Waals surface area contributed by atoms with Gasteiger partial charge in [0.1, 0.15) is 11.1 Å². The molecule has 1 unspecified atom stereocenters. The van der Waals surface area contributed by atoms with Crippen LogP contribution in [0.25, 0.3) is 21.3 Å². The van der Waals surface area contributed by atoms with Crippen LogP contribution in [0.5, 0.6) is 0 Å². The number of sulfonamides is 1. The van der Waals surface area contributed by atoms with Crippen molar-refractivity contribution in [1.29, 1.82) is 0 Å². The van der Waals surface area contributed by atoms with Gasteiger partial charge < -0.3 is 10.3 Å². The third kappa shape index (κ3) is 4.38. The molecule has 5 aromatic rings. The second-order valence-electron chi connectivity index (χ2n) is 8.65. The number of fused-ring (bicyclic) bond motifs is 2. The number of carbonyl (C=O) groups is 1. The van der Waals surface area contributed by atoms with Crippen molar-refractivity contribution in [2.24, 2.45) is 0 Å². The zero-order chi connectivity index (χ0) is 24.9. The number of anilines is 1. The van der Waals surface area contributed by atoms with Crippen LogP contribution in [0.1, 0.15) is 34.7 Å². The molecule has 0 saturated carbocycles. The molecular formula is C25H20BrN5O3S2. The number of thiazole rings is 1. The van der Waals surface area contributed by atoms with Crippen LogP contribution in [0, 0.1) is 0 Å². The standard InChI is InChI=1S/C25H20BrN5O3S2/c26-16-11-14(9-10-15(16)22-13-23(32)31-36(22,33)34)12-20(24-27-17-5-1-2-6-18(17)28-24)30-25-29-19-7-3-4-8-21(19)35-25/h1-11,20,22H,12-13H2,(H,27,28)(H,29,30)(H,31,32)/t20-,22?/m0/s1. The molecule has 8 nitrogen and oxygen atoms in total. The van der Waals surface area contributed by atoms with E-state index in [1.54, 1.807) is 17.4 Å². The Hall–Kier alpha value is -3.28. The van der Waals surface area contributed by atoms with Crippen molar-refractivity contribution in [3.05, 3.63) is 88.2 Å². The molecule has 1 fully saturated rings. The molecule has 36 heavy (non-hydrogen) atoms. The lowest BCUT2D eigenvalue weighted by Crippen LogP contribution is -2.21. The van der Waals surface area contributed by atoms with Gasteiger partial charge in [-0.1, -0.05) is 63.7 Å². The van der Waals surface area contributed by atoms with Crippen molar-refractivity contribution >= 4 is 69.6 Å². The molecule has 1 saturated heterocycles. The van der Waals surface area contributed by atoms with Crippen molar-refractivity contribution in [3.8, 4) is 0 Å². The maximum atomic E-state index is 12.4. The van der Waals surface area contributed by atoms with Gasteiger partial charge in [0.2, 0.25) is 15.9 Å². The third-order valence-corrected chi connectivity index (χ3v) is 9.52. The fraction of sp³-hybridized carbons (Fsp3) is 0.160. The molecular weight excluding hydrogens is 562 g/mol. The zero-order valence-electron chi connectivity index (χ0n) is 18.7. The summed E-state index contributed by atoms with van der Waals surface area (Å²) in [7, 11) is -3.72. The Kier molecular flexibility index (Phi) is 5.78. The van der Waals surface area contributed by atoms with E-state index in [-0.39, 0.29) is 12.5 Å². The number of amides is 1. The first-order valence-electron chi connectivity index (χ1n) is 11.3. The summed E-state index contributed by atoms with van der Waals surface area (Å²) in [5, 5.41) is 3.44. The highest BCUT2D eigenvalue weighted by Gasteiger charge is 2.38. The highest BCUT2D eigenvalue weighted by atomic mass is 79.9. The Morgan fingerprint density at radius 1 is 1.06 bits per heavy atom. The minimum atomic E-state index is -3.72. The number of nitrogens with zero attached hydrogens (tertiary/aromatic N) is 2. The number of H-pyrrole nitrogens is 1. The lowest BCUT2D eigenvalue weighted by Gasteiger charge is -2.18. The first-order valence-corrected chi connectivity index (χ1v) is 14.4. The number of halogens is 1. The summed E-state index contributed by atoms with van der Waals surface area (Å²) in [6, 6.07) is 21.2. The lowest BCUT2D eigenvalue weighted by atomic mass is 10.0. The summed E-state index contributed by atoms with van der Waals surface area (Å²) >= 11 is 5.12. The van der Waals surface area contributed by atoms with Gasteiger partial charge in [-0.3, -0.25) is 9.52 Å². The highest BCUT2D eigenvalue weighted by molar-refractivity contribution is 9.10. The number of benzene rings is 3. The van der Waals surface area contributed by atoms with E-state index in [2.05, 4.69) is 31.0 Å². The number of hydrogen-bond acceptors (Lipinski definition) is 7. The van der Waals surface area contributed by atoms with Gasteiger partial charge in [0.05, 0.1) is 33.7 Å². The minimum absolute atomic E-state index is 0.0823. The summed E-state index contributed by atoms with van der Waals surface area (Å²) in [5.41, 5.74) is 4.30. The zero-order valence-corrected chi connectivity index (χ0v) is 22.0. The Bertz CT molecular complexity index is 1660. The van der Waals surface area contributed by atoms with Crippen LogP contribution in [-0.4, -0.2) is 29.3 Å². The maximum absolute atomic E-state index is 12.4. The van der Waals surface area contributed by atoms with Gasteiger partial charge in [-0.15, -0.1) is 0 Å². The maximum Gasteiger partial charge on any atom is 0.242 e. The van der Waals surface area contributed by atoms with Crippen molar-refractivity contribution in [1.82, 2.24) is 19.7 Å². The Labute approximate surface area is 219 Å². The van der Waals surface area contributed by atoms with E-state index < -0.39 is 21.2 Å². The van der Waals surface area contributed by atoms with Crippen molar-refractivity contribution < 1.29 is 13.2 Å². The molecule has 11 heteroatoms. The number of rotatable bonds is 6. The van der Waals surface area contributed by atoms with Gasteiger partial charge in [0, 0.05) is 4.47 Å². The predicted octanol–water partition coefficient (Wildman–Crippen LogP) is 5.22. The second-order valence-corrected chi connectivity index (χ2v) is 12.4. The summed E-state index contributed by atoms with van der Waals surface area (Å²) in [4.78, 5) is 24.7. The number of carbonyl (C=O) groups excluding carboxylic acids is 1. The number of aromatic nitrogens is 3. The van der Waals surface area contributed by atoms with Crippen LogP contribution >= 0.6 is 27.3 Å². The quantitative estimate of drug-likeness (QED) is 0.253. The SMILES string of the molecule is O=C1CC(c2ccc(C[C@H](Nc3nc4ccccc4s3)c3nc4ccccc4[nH]3)cc2Br)S(=O)(=O)N1. The molecule has 2 aromatic heterocycles. The molecule has 182 valence electrons. The normalized spacial score (nSPS) is 17.9. The molecule has 3 N–H and O–H groups in total. The third-order valence-electron chi connectivity index (χ3n) is 6.18. The van der Waals surface area contributed by atoms with Crippen molar-refractivity contribution in [2.45, 2.75) is 24.1 Å². The molecule has 0 aliphatic carbocycles. The molecule has 3 aromatic carbocycles. The van der Waals surface area contributed by atoms with Gasteiger partial charge in [0.15, 0.2) is 5.13 Å². The highest BCUT2D eigenvalue weighted by Crippen LogP contribution is 2.36. The smallest absolute Gasteiger partial charge is 0.242 e. The molecule has 6 rings (SSSR count). The number of aromatic amines is 1. The first kappa shape index (κ1) is 23.1. The first-order chi connectivity index (χ1) is 17.4. The Morgan fingerprint density at radius 3 is 2.56 bits per heavy atom. The van der Waals surface area contributed by atoms with Crippen LogP contribution in [0.15, 0.2) is 71.2 Å². The van der Waals surface area contributed by atoms with Gasteiger partial charge in [-0.2, -0.15) is 0 Å². The number of imidazole rings is 1. The average molecular weight is 583 g/mol. The minimum Gasteiger partial charge on any atom is -0.351 e. The van der Waals surface area contributed by atoms with Crippen molar-refractivity contribution in [3.63, 3.8) is 0 Å². The number of para-hydroxylation sites is 3. The molecule has 1 aliphatic heterocycles. The van der Waals surface area contributed by atoms with E-state index in [0.29, 0.717) is 16.5 Å². The van der Waals surface area contributed by atoms with E-state index in [9.17, 15) is 13.2 Å². The monoisotopic (exact) mass is 581 g/mol. The summed E-state index contributed by atoms with van der Waals surface area (Å²) in [6.45, 7) is 0. The molecule has 2 atom stereocenters. The van der Waals surface area contributed by atoms with Crippen LogP contribution < -0.4 is 10.0 Å². The average Bonchev–Trinajstić information content (AvgIpc) is 3.52. The summed E-state index contributed by atoms with van der Waals surface area (Å²) in [6.07, 6.45) is 0.490. The van der Waals surface area contributed by atoms with Crippen molar-refractivity contribution in [2.75, 3.05) is 5.32 Å². The fourth-order valence-electron chi connectivity index (χ4n) is 4.46. The fourth-order valence-corrected chi connectivity index (χ4v) is 7.68. The van der Waals surface area contributed by atoms with E-state index in [1.807, 2.05) is 60.7 Å². The molecule has 3 heterocycles. The molecule has 1 amide bonds. The van der Waals surface area contributed by atoms with Crippen LogP contribution in [0.3, 0.4) is 0 Å². The van der Waals surface area contributed by atoms with E-state index in [0.717, 1.165) is 37.8 Å².